The Labute approximate surface area is 122 Å². The van der Waals surface area contributed by atoms with Crippen LogP contribution >= 0.6 is 0 Å². The number of fused-ring (bicyclic) bond motifs is 1. The molecule has 1 heterocycles. The first-order valence-electron chi connectivity index (χ1n) is 6.34. The molecule has 6 heteroatoms. The smallest absolute Gasteiger partial charge is 0.142 e. The van der Waals surface area contributed by atoms with Crippen LogP contribution in [0.15, 0.2) is 57.9 Å². The fourth-order valence-corrected chi connectivity index (χ4v) is 3.31. The van der Waals surface area contributed by atoms with Gasteiger partial charge in [0.25, 0.3) is 0 Å². The van der Waals surface area contributed by atoms with Gasteiger partial charge in [-0.3, -0.25) is 0 Å². The molecule has 3 N–H and O–H groups in total. The molecule has 0 fully saturated rings. The van der Waals surface area contributed by atoms with Crippen LogP contribution < -0.4 is 5.14 Å². The molecular formula is C15H14FN3OS. The van der Waals surface area contributed by atoms with E-state index in [1.165, 1.54) is 12.1 Å². The minimum absolute atomic E-state index is 0.0848. The highest BCUT2D eigenvalue weighted by Gasteiger charge is 2.14. The average molecular weight is 303 g/mol. The van der Waals surface area contributed by atoms with Crippen LogP contribution in [-0.4, -0.2) is 9.19 Å². The lowest BCUT2D eigenvalue weighted by Crippen LogP contribution is -2.13. The van der Waals surface area contributed by atoms with Crippen molar-refractivity contribution in [3.63, 3.8) is 0 Å². The van der Waals surface area contributed by atoms with E-state index in [0.29, 0.717) is 5.69 Å². The number of nitrogens with two attached hydrogens (primary N) is 1. The van der Waals surface area contributed by atoms with Gasteiger partial charge in [0.15, 0.2) is 0 Å². The van der Waals surface area contributed by atoms with Gasteiger partial charge in [-0.2, -0.15) is 4.36 Å². The molecule has 0 saturated carbocycles. The Kier molecular flexibility index (Phi) is 3.27. The number of nitrogens with one attached hydrogen (secondary N) is 1. The predicted octanol–water partition coefficient (Wildman–Crippen LogP) is 3.65. The van der Waals surface area contributed by atoms with Crippen molar-refractivity contribution in [1.29, 1.82) is 0 Å². The molecule has 3 rings (SSSR count). The summed E-state index contributed by atoms with van der Waals surface area (Å²) >= 11 is 0. The SMILES string of the molecule is Cc1ccc(S(N)(=O)=Nc2c[nH]c3ccccc23)c(F)c1. The van der Waals surface area contributed by atoms with E-state index in [0.717, 1.165) is 16.5 Å². The van der Waals surface area contributed by atoms with Crippen molar-refractivity contribution in [2.75, 3.05) is 0 Å². The quantitative estimate of drug-likeness (QED) is 0.745. The van der Waals surface area contributed by atoms with Gasteiger partial charge < -0.3 is 4.98 Å². The summed E-state index contributed by atoms with van der Waals surface area (Å²) in [5, 5.41) is 6.57. The minimum atomic E-state index is -3.34. The standard InChI is InChI=1S/C15H14FN3OS/c1-10-6-7-15(12(16)8-10)21(17,20)19-14-9-18-13-5-3-2-4-11(13)14/h2-9,18H,1H3,(H2,17,19,20). The first-order valence-corrected chi connectivity index (χ1v) is 7.92. The number of aryl methyl sites for hydroxylation is 1. The molecular weight excluding hydrogens is 289 g/mol. The van der Waals surface area contributed by atoms with Crippen molar-refractivity contribution in [1.82, 2.24) is 4.98 Å². The highest BCUT2D eigenvalue weighted by atomic mass is 32.2. The Morgan fingerprint density at radius 3 is 2.76 bits per heavy atom. The van der Waals surface area contributed by atoms with E-state index in [-0.39, 0.29) is 4.90 Å². The molecule has 4 nitrogen and oxygen atoms in total. The van der Waals surface area contributed by atoms with Gasteiger partial charge in [0.1, 0.15) is 15.7 Å². The second-order valence-corrected chi connectivity index (χ2v) is 6.57. The average Bonchev–Trinajstić information content (AvgIpc) is 2.81. The molecule has 1 unspecified atom stereocenters. The van der Waals surface area contributed by atoms with Gasteiger partial charge in [0.2, 0.25) is 0 Å². The summed E-state index contributed by atoms with van der Waals surface area (Å²) in [5.41, 5.74) is 2.05. The number of aromatic amines is 1. The van der Waals surface area contributed by atoms with Crippen molar-refractivity contribution in [2.45, 2.75) is 11.8 Å². The number of rotatable bonds is 2. The Morgan fingerprint density at radius 1 is 1.24 bits per heavy atom. The van der Waals surface area contributed by atoms with E-state index in [9.17, 15) is 8.60 Å². The third-order valence-electron chi connectivity index (χ3n) is 3.20. The molecule has 21 heavy (non-hydrogen) atoms. The molecule has 1 atom stereocenters. The number of para-hydroxylation sites is 1. The zero-order chi connectivity index (χ0) is 15.0. The summed E-state index contributed by atoms with van der Waals surface area (Å²) in [7, 11) is -3.34. The lowest BCUT2D eigenvalue weighted by molar-refractivity contribution is 0.593. The highest BCUT2D eigenvalue weighted by molar-refractivity contribution is 7.91. The Bertz CT molecular complexity index is 939. The molecule has 1 aromatic heterocycles. The van der Waals surface area contributed by atoms with Gasteiger partial charge >= 0.3 is 0 Å². The van der Waals surface area contributed by atoms with Gasteiger partial charge in [0, 0.05) is 17.1 Å². The van der Waals surface area contributed by atoms with Crippen LogP contribution in [0.25, 0.3) is 10.9 Å². The van der Waals surface area contributed by atoms with Crippen molar-refractivity contribution in [2.24, 2.45) is 9.50 Å². The second kappa shape index (κ2) is 4.98. The van der Waals surface area contributed by atoms with Crippen molar-refractivity contribution < 1.29 is 8.60 Å². The number of hydrogen-bond donors (Lipinski definition) is 2. The molecule has 0 aliphatic heterocycles. The fourth-order valence-electron chi connectivity index (χ4n) is 2.17. The predicted molar refractivity (Wildman–Crippen MR) is 82.1 cm³/mol. The van der Waals surface area contributed by atoms with Crippen LogP contribution in [0.4, 0.5) is 10.1 Å². The van der Waals surface area contributed by atoms with Gasteiger partial charge in [0.05, 0.1) is 10.6 Å². The molecule has 2 aromatic carbocycles. The summed E-state index contributed by atoms with van der Waals surface area (Å²) in [6.07, 6.45) is 1.61. The first-order chi connectivity index (χ1) is 9.97. The zero-order valence-corrected chi connectivity index (χ0v) is 12.2. The molecule has 0 bridgehead atoms. The maximum Gasteiger partial charge on any atom is 0.142 e. The zero-order valence-electron chi connectivity index (χ0n) is 11.3. The summed E-state index contributed by atoms with van der Waals surface area (Å²) in [6, 6.07) is 11.8. The van der Waals surface area contributed by atoms with E-state index < -0.39 is 15.7 Å². The van der Waals surface area contributed by atoms with Crippen LogP contribution in [0.5, 0.6) is 0 Å². The van der Waals surface area contributed by atoms with E-state index in [1.807, 2.05) is 24.3 Å². The van der Waals surface area contributed by atoms with Gasteiger partial charge in [-0.1, -0.05) is 24.3 Å². The lowest BCUT2D eigenvalue weighted by Gasteiger charge is -2.06. The van der Waals surface area contributed by atoms with Crippen LogP contribution in [0, 0.1) is 12.7 Å². The molecule has 0 amide bonds. The maximum atomic E-state index is 14.0. The summed E-state index contributed by atoms with van der Waals surface area (Å²) in [4.78, 5) is 2.93. The molecule has 3 aromatic rings. The van der Waals surface area contributed by atoms with Crippen molar-refractivity contribution in [3.8, 4) is 0 Å². The minimum Gasteiger partial charge on any atom is -0.359 e. The van der Waals surface area contributed by atoms with Gasteiger partial charge in [-0.15, -0.1) is 0 Å². The number of hydrogen-bond acceptors (Lipinski definition) is 2. The third-order valence-corrected chi connectivity index (χ3v) is 4.63. The van der Waals surface area contributed by atoms with E-state index in [2.05, 4.69) is 9.35 Å². The van der Waals surface area contributed by atoms with Gasteiger partial charge in [-0.25, -0.2) is 13.7 Å². The Morgan fingerprint density at radius 2 is 2.00 bits per heavy atom. The summed E-state index contributed by atoms with van der Waals surface area (Å²) in [5.74, 6) is -0.605. The van der Waals surface area contributed by atoms with Crippen LogP contribution in [0.3, 0.4) is 0 Å². The topological polar surface area (TPSA) is 71.2 Å². The van der Waals surface area contributed by atoms with E-state index in [1.54, 1.807) is 19.2 Å². The second-order valence-electron chi connectivity index (χ2n) is 4.81. The van der Waals surface area contributed by atoms with Crippen LogP contribution in [0.1, 0.15) is 5.56 Å². The summed E-state index contributed by atoms with van der Waals surface area (Å²) in [6.45, 7) is 1.75. The van der Waals surface area contributed by atoms with E-state index >= 15 is 0 Å². The Hall–Kier alpha value is -2.18. The molecule has 0 aliphatic rings. The highest BCUT2D eigenvalue weighted by Crippen LogP contribution is 2.28. The number of benzene rings is 2. The number of H-pyrrole nitrogens is 1. The lowest BCUT2D eigenvalue weighted by atomic mass is 10.2. The molecule has 0 radical (unpaired) electrons. The number of aromatic nitrogens is 1. The maximum absolute atomic E-state index is 14.0. The molecule has 108 valence electrons. The number of halogens is 1. The molecule has 0 aliphatic carbocycles. The van der Waals surface area contributed by atoms with Crippen molar-refractivity contribution >= 4 is 26.5 Å². The largest absolute Gasteiger partial charge is 0.359 e. The third kappa shape index (κ3) is 2.55. The fraction of sp³-hybridized carbons (Fsp3) is 0.0667. The Balaban J connectivity index is 2.19. The molecule has 0 spiro atoms. The normalized spacial score (nSPS) is 14.0. The first kappa shape index (κ1) is 13.8. The van der Waals surface area contributed by atoms with Crippen molar-refractivity contribution in [3.05, 3.63) is 60.0 Å². The monoisotopic (exact) mass is 303 g/mol. The number of nitrogens with zero attached hydrogens (tertiary/aromatic N) is 1. The van der Waals surface area contributed by atoms with E-state index in [4.69, 9.17) is 5.14 Å². The molecule has 0 saturated heterocycles. The van der Waals surface area contributed by atoms with Crippen LogP contribution in [0.2, 0.25) is 0 Å². The summed E-state index contributed by atoms with van der Waals surface area (Å²) < 4.78 is 30.6. The van der Waals surface area contributed by atoms with Crippen LogP contribution in [-0.2, 0) is 9.92 Å². The van der Waals surface area contributed by atoms with Gasteiger partial charge in [-0.05, 0) is 30.7 Å².